The molecule has 9 heteroatoms. The summed E-state index contributed by atoms with van der Waals surface area (Å²) in [5.74, 6) is 1.97. The van der Waals surface area contributed by atoms with Gasteiger partial charge in [-0.25, -0.2) is 4.79 Å². The molecule has 0 fully saturated rings. The van der Waals surface area contributed by atoms with Gasteiger partial charge in [0.25, 0.3) is 0 Å². The highest BCUT2D eigenvalue weighted by atomic mass is 32.2. The highest BCUT2D eigenvalue weighted by Gasteiger charge is 2.20. The first-order valence-electron chi connectivity index (χ1n) is 10.1. The molecule has 0 unspecified atom stereocenters. The molecule has 7 nitrogen and oxygen atoms in total. The van der Waals surface area contributed by atoms with E-state index in [1.165, 1.54) is 17.8 Å². The molecule has 0 saturated carbocycles. The Morgan fingerprint density at radius 2 is 2.00 bits per heavy atom. The lowest BCUT2D eigenvalue weighted by Gasteiger charge is -2.13. The lowest BCUT2D eigenvalue weighted by Crippen LogP contribution is -2.03. The summed E-state index contributed by atoms with van der Waals surface area (Å²) in [5, 5.41) is 22.4. The molecule has 0 radical (unpaired) electrons. The standard InChI is InChI=1S/C24H19N3O4S2/c1-14-18(28)10-9-16-15(12-21(29)31-22(14)16)13-33-24-26-25-23(20-8-5-11-32-20)27(24)17-6-3-4-7-19(17)30-2/h3-12,28H,13H2,1-2H3. The Morgan fingerprint density at radius 3 is 2.79 bits per heavy atom. The summed E-state index contributed by atoms with van der Waals surface area (Å²) in [6.45, 7) is 1.73. The van der Waals surface area contributed by atoms with E-state index in [9.17, 15) is 9.90 Å². The van der Waals surface area contributed by atoms with E-state index in [4.69, 9.17) is 9.15 Å². The molecule has 3 heterocycles. The molecular formula is C24H19N3O4S2. The fourth-order valence-electron chi connectivity index (χ4n) is 3.64. The average molecular weight is 478 g/mol. The van der Waals surface area contributed by atoms with Gasteiger partial charge in [-0.1, -0.05) is 30.0 Å². The third-order valence-electron chi connectivity index (χ3n) is 5.28. The van der Waals surface area contributed by atoms with Gasteiger partial charge >= 0.3 is 5.63 Å². The summed E-state index contributed by atoms with van der Waals surface area (Å²) < 4.78 is 12.9. The van der Waals surface area contributed by atoms with Crippen molar-refractivity contribution >= 4 is 34.1 Å². The van der Waals surface area contributed by atoms with Gasteiger partial charge in [0, 0.05) is 22.8 Å². The van der Waals surface area contributed by atoms with Gasteiger partial charge in [0.15, 0.2) is 11.0 Å². The smallest absolute Gasteiger partial charge is 0.336 e. The summed E-state index contributed by atoms with van der Waals surface area (Å²) >= 11 is 3.04. The van der Waals surface area contributed by atoms with Crippen molar-refractivity contribution in [2.75, 3.05) is 7.11 Å². The van der Waals surface area contributed by atoms with Crippen molar-refractivity contribution in [3.63, 3.8) is 0 Å². The summed E-state index contributed by atoms with van der Waals surface area (Å²) in [7, 11) is 1.63. The Hall–Kier alpha value is -3.56. The number of phenols is 1. The van der Waals surface area contributed by atoms with Gasteiger partial charge in [0.2, 0.25) is 0 Å². The number of thiophene rings is 1. The summed E-state index contributed by atoms with van der Waals surface area (Å²) in [5.41, 5.74) is 2.09. The number of phenolic OH excluding ortho intramolecular Hbond substituents is 1. The Bertz CT molecular complexity index is 1510. The second kappa shape index (κ2) is 8.76. The van der Waals surface area contributed by atoms with Crippen LogP contribution in [0.5, 0.6) is 11.5 Å². The van der Waals surface area contributed by atoms with Crippen LogP contribution >= 0.6 is 23.1 Å². The van der Waals surface area contributed by atoms with Crippen LogP contribution in [0.3, 0.4) is 0 Å². The number of methoxy groups -OCH3 is 1. The minimum absolute atomic E-state index is 0.0898. The zero-order chi connectivity index (χ0) is 22.9. The van der Waals surface area contributed by atoms with E-state index >= 15 is 0 Å². The SMILES string of the molecule is COc1ccccc1-n1c(SCc2cc(=O)oc3c(C)c(O)ccc23)nnc1-c1cccs1. The fourth-order valence-corrected chi connectivity index (χ4v) is 5.27. The number of nitrogens with zero attached hydrogens (tertiary/aromatic N) is 3. The average Bonchev–Trinajstić information content (AvgIpc) is 3.50. The van der Waals surface area contributed by atoms with Crippen LogP contribution in [0, 0.1) is 6.92 Å². The molecule has 2 aromatic carbocycles. The van der Waals surface area contributed by atoms with E-state index in [1.807, 2.05) is 46.3 Å². The largest absolute Gasteiger partial charge is 0.508 e. The number of para-hydroxylation sites is 2. The quantitative estimate of drug-likeness (QED) is 0.258. The maximum Gasteiger partial charge on any atom is 0.336 e. The molecule has 0 aliphatic heterocycles. The summed E-state index contributed by atoms with van der Waals surface area (Å²) in [4.78, 5) is 13.2. The van der Waals surface area contributed by atoms with Crippen LogP contribution in [0.2, 0.25) is 0 Å². The predicted octanol–water partition coefficient (Wildman–Crippen LogP) is 5.42. The summed E-state index contributed by atoms with van der Waals surface area (Å²) in [6, 6.07) is 16.5. The maximum absolute atomic E-state index is 12.2. The first-order valence-corrected chi connectivity index (χ1v) is 11.9. The second-order valence-electron chi connectivity index (χ2n) is 7.26. The highest BCUT2D eigenvalue weighted by molar-refractivity contribution is 7.98. The fraction of sp³-hybridized carbons (Fsp3) is 0.125. The number of aromatic nitrogens is 3. The Morgan fingerprint density at radius 1 is 1.15 bits per heavy atom. The van der Waals surface area contributed by atoms with Crippen LogP contribution in [0.1, 0.15) is 11.1 Å². The number of aryl methyl sites for hydroxylation is 1. The number of hydrogen-bond donors (Lipinski definition) is 1. The number of fused-ring (bicyclic) bond motifs is 1. The number of rotatable bonds is 6. The first kappa shape index (κ1) is 21.3. The third-order valence-corrected chi connectivity index (χ3v) is 7.12. The molecule has 0 bridgehead atoms. The summed E-state index contributed by atoms with van der Waals surface area (Å²) in [6.07, 6.45) is 0. The van der Waals surface area contributed by atoms with Crippen LogP contribution in [-0.4, -0.2) is 27.0 Å². The van der Waals surface area contributed by atoms with Crippen molar-refractivity contribution in [3.05, 3.63) is 81.5 Å². The van der Waals surface area contributed by atoms with Crippen molar-refractivity contribution in [2.24, 2.45) is 0 Å². The van der Waals surface area contributed by atoms with Crippen LogP contribution in [-0.2, 0) is 5.75 Å². The highest BCUT2D eigenvalue weighted by Crippen LogP contribution is 2.36. The number of benzene rings is 2. The minimum atomic E-state index is -0.461. The van der Waals surface area contributed by atoms with Crippen LogP contribution in [0.15, 0.2) is 74.3 Å². The zero-order valence-electron chi connectivity index (χ0n) is 17.8. The molecule has 0 saturated heterocycles. The molecule has 33 heavy (non-hydrogen) atoms. The van der Waals surface area contributed by atoms with E-state index < -0.39 is 5.63 Å². The molecule has 0 amide bonds. The molecule has 5 aromatic rings. The van der Waals surface area contributed by atoms with Gasteiger partial charge in [0.05, 0.1) is 17.7 Å². The Balaban J connectivity index is 1.59. The Kier molecular flexibility index (Phi) is 5.65. The zero-order valence-corrected chi connectivity index (χ0v) is 19.4. The number of aromatic hydroxyl groups is 1. The molecule has 166 valence electrons. The van der Waals surface area contributed by atoms with Gasteiger partial charge in [-0.05, 0) is 48.2 Å². The molecule has 0 aliphatic rings. The van der Waals surface area contributed by atoms with Gasteiger partial charge < -0.3 is 14.3 Å². The normalized spacial score (nSPS) is 11.2. The van der Waals surface area contributed by atoms with E-state index in [0.29, 0.717) is 27.8 Å². The minimum Gasteiger partial charge on any atom is -0.508 e. The number of ether oxygens (including phenoxy) is 1. The van der Waals surface area contributed by atoms with Crippen molar-refractivity contribution < 1.29 is 14.3 Å². The van der Waals surface area contributed by atoms with Crippen LogP contribution in [0.4, 0.5) is 0 Å². The molecule has 0 spiro atoms. The first-order chi connectivity index (χ1) is 16.1. The van der Waals surface area contributed by atoms with Gasteiger partial charge in [-0.3, -0.25) is 4.57 Å². The predicted molar refractivity (Wildman–Crippen MR) is 130 cm³/mol. The van der Waals surface area contributed by atoms with Gasteiger partial charge in [-0.15, -0.1) is 21.5 Å². The molecule has 1 N–H and O–H groups in total. The lowest BCUT2D eigenvalue weighted by atomic mass is 10.1. The van der Waals surface area contributed by atoms with Crippen LogP contribution in [0.25, 0.3) is 27.4 Å². The monoisotopic (exact) mass is 477 g/mol. The van der Waals surface area contributed by atoms with Crippen LogP contribution < -0.4 is 10.4 Å². The van der Waals surface area contributed by atoms with Crippen molar-refractivity contribution in [2.45, 2.75) is 17.8 Å². The number of hydrogen-bond acceptors (Lipinski definition) is 8. The van der Waals surface area contributed by atoms with Crippen molar-refractivity contribution in [3.8, 4) is 27.9 Å². The number of thioether (sulfide) groups is 1. The van der Waals surface area contributed by atoms with Gasteiger partial charge in [-0.2, -0.15) is 0 Å². The molecule has 0 atom stereocenters. The van der Waals surface area contributed by atoms with E-state index in [1.54, 1.807) is 37.5 Å². The molecule has 5 rings (SSSR count). The molecule has 3 aromatic heterocycles. The van der Waals surface area contributed by atoms with E-state index in [2.05, 4.69) is 10.2 Å². The maximum atomic E-state index is 12.2. The molecule has 0 aliphatic carbocycles. The van der Waals surface area contributed by atoms with E-state index in [0.717, 1.165) is 27.3 Å². The lowest BCUT2D eigenvalue weighted by molar-refractivity contribution is 0.412. The van der Waals surface area contributed by atoms with Gasteiger partial charge in [0.1, 0.15) is 17.1 Å². The van der Waals surface area contributed by atoms with E-state index in [-0.39, 0.29) is 5.75 Å². The molecular weight excluding hydrogens is 458 g/mol. The third kappa shape index (κ3) is 3.90. The van der Waals surface area contributed by atoms with Crippen molar-refractivity contribution in [1.82, 2.24) is 14.8 Å². The Labute approximate surface area is 197 Å². The second-order valence-corrected chi connectivity index (χ2v) is 9.15. The topological polar surface area (TPSA) is 90.4 Å². The van der Waals surface area contributed by atoms with Crippen molar-refractivity contribution in [1.29, 1.82) is 0 Å².